The first-order chi connectivity index (χ1) is 9.63. The second-order valence-electron chi connectivity index (χ2n) is 5.21. The lowest BCUT2D eigenvalue weighted by Crippen LogP contribution is -2.06. The average Bonchev–Trinajstić information content (AvgIpc) is 2.80. The maximum atomic E-state index is 10.6. The quantitative estimate of drug-likeness (QED) is 0.880. The van der Waals surface area contributed by atoms with Crippen molar-refractivity contribution < 1.29 is 9.84 Å². The number of nitrogens with two attached hydrogens (primary N) is 1. The lowest BCUT2D eigenvalue weighted by atomic mass is 9.87. The van der Waals surface area contributed by atoms with Crippen LogP contribution in [0.5, 0.6) is 11.5 Å². The Morgan fingerprint density at radius 3 is 2.55 bits per heavy atom. The Bertz CT molecular complexity index is 662. The van der Waals surface area contributed by atoms with Gasteiger partial charge in [-0.25, -0.2) is 0 Å². The number of methoxy groups -OCH3 is 1. The van der Waals surface area contributed by atoms with Crippen molar-refractivity contribution in [3.63, 3.8) is 0 Å². The van der Waals surface area contributed by atoms with Crippen molar-refractivity contribution >= 4 is 5.82 Å². The molecule has 5 nitrogen and oxygen atoms in total. The maximum absolute atomic E-state index is 10.6. The number of hydrogen-bond acceptors (Lipinski definition) is 4. The number of nitrogens with zero attached hydrogens (tertiary/aromatic N) is 2. The third-order valence-electron chi connectivity index (χ3n) is 4.08. The lowest BCUT2D eigenvalue weighted by Gasteiger charge is -2.22. The molecule has 1 aromatic heterocycles. The van der Waals surface area contributed by atoms with Crippen molar-refractivity contribution in [1.29, 1.82) is 0 Å². The third kappa shape index (κ3) is 1.81. The zero-order valence-corrected chi connectivity index (χ0v) is 11.8. The summed E-state index contributed by atoms with van der Waals surface area (Å²) in [6.45, 7) is 0. The van der Waals surface area contributed by atoms with Crippen molar-refractivity contribution in [3.05, 3.63) is 23.4 Å². The standard InChI is InChI=1S/C15H19N3O2/c1-18-15(16)12(8-17-18)11-7-13(20-2)9-5-3-4-6-10(9)14(11)19/h7-8,19H,3-6,16H2,1-2H3. The van der Waals surface area contributed by atoms with Gasteiger partial charge in [0.15, 0.2) is 0 Å². The predicted molar refractivity (Wildman–Crippen MR) is 77.9 cm³/mol. The van der Waals surface area contributed by atoms with E-state index >= 15 is 0 Å². The number of benzene rings is 1. The van der Waals surface area contributed by atoms with Gasteiger partial charge in [0, 0.05) is 29.3 Å². The largest absolute Gasteiger partial charge is 0.507 e. The summed E-state index contributed by atoms with van der Waals surface area (Å²) in [5, 5.41) is 14.7. The fraction of sp³-hybridized carbons (Fsp3) is 0.400. The Balaban J connectivity index is 2.24. The van der Waals surface area contributed by atoms with Crippen LogP contribution in [0.2, 0.25) is 0 Å². The van der Waals surface area contributed by atoms with E-state index in [9.17, 15) is 5.11 Å². The minimum atomic E-state index is 0.320. The molecule has 20 heavy (non-hydrogen) atoms. The van der Waals surface area contributed by atoms with Crippen LogP contribution in [-0.4, -0.2) is 22.0 Å². The van der Waals surface area contributed by atoms with E-state index in [2.05, 4.69) is 5.10 Å². The molecule has 0 aliphatic heterocycles. The van der Waals surface area contributed by atoms with Crippen LogP contribution in [0.1, 0.15) is 24.0 Å². The lowest BCUT2D eigenvalue weighted by molar-refractivity contribution is 0.401. The second kappa shape index (κ2) is 4.74. The predicted octanol–water partition coefficient (Wildman–Crippen LogP) is 2.26. The normalized spacial score (nSPS) is 14.1. The summed E-state index contributed by atoms with van der Waals surface area (Å²) in [4.78, 5) is 0. The van der Waals surface area contributed by atoms with Gasteiger partial charge in [-0.2, -0.15) is 5.10 Å². The number of aromatic hydroxyl groups is 1. The Morgan fingerprint density at radius 2 is 1.95 bits per heavy atom. The van der Waals surface area contributed by atoms with E-state index in [1.807, 2.05) is 6.07 Å². The van der Waals surface area contributed by atoms with E-state index in [4.69, 9.17) is 10.5 Å². The number of nitrogen functional groups attached to an aromatic ring is 1. The van der Waals surface area contributed by atoms with Crippen LogP contribution in [0.15, 0.2) is 12.3 Å². The molecule has 1 heterocycles. The van der Waals surface area contributed by atoms with Crippen molar-refractivity contribution in [2.45, 2.75) is 25.7 Å². The highest BCUT2D eigenvalue weighted by Crippen LogP contribution is 2.43. The number of fused-ring (bicyclic) bond motifs is 1. The molecule has 5 heteroatoms. The molecular formula is C15H19N3O2. The number of aromatic nitrogens is 2. The molecule has 2 aromatic rings. The van der Waals surface area contributed by atoms with Gasteiger partial charge in [0.2, 0.25) is 0 Å². The van der Waals surface area contributed by atoms with Crippen molar-refractivity contribution in [2.24, 2.45) is 7.05 Å². The van der Waals surface area contributed by atoms with Gasteiger partial charge >= 0.3 is 0 Å². The molecule has 3 rings (SSSR count). The zero-order chi connectivity index (χ0) is 14.3. The molecule has 106 valence electrons. The number of aryl methyl sites for hydroxylation is 1. The Hall–Kier alpha value is -2.17. The van der Waals surface area contributed by atoms with E-state index in [1.54, 1.807) is 25.0 Å². The molecule has 1 aliphatic rings. The van der Waals surface area contributed by atoms with Gasteiger partial charge in [-0.05, 0) is 31.7 Å². The molecule has 0 bridgehead atoms. The van der Waals surface area contributed by atoms with Crippen LogP contribution in [0.25, 0.3) is 11.1 Å². The molecule has 0 saturated heterocycles. The molecule has 3 N–H and O–H groups in total. The second-order valence-corrected chi connectivity index (χ2v) is 5.21. The maximum Gasteiger partial charge on any atom is 0.129 e. The van der Waals surface area contributed by atoms with E-state index in [1.165, 1.54) is 0 Å². The van der Waals surface area contributed by atoms with E-state index < -0.39 is 0 Å². The molecule has 0 saturated carbocycles. The summed E-state index contributed by atoms with van der Waals surface area (Å²) in [5.74, 6) is 1.69. The van der Waals surface area contributed by atoms with Crippen LogP contribution in [0.4, 0.5) is 5.82 Å². The molecule has 0 radical (unpaired) electrons. The molecule has 1 aromatic carbocycles. The number of hydrogen-bond donors (Lipinski definition) is 2. The summed E-state index contributed by atoms with van der Waals surface area (Å²) >= 11 is 0. The highest BCUT2D eigenvalue weighted by molar-refractivity contribution is 5.81. The number of phenols is 1. The van der Waals surface area contributed by atoms with Crippen LogP contribution < -0.4 is 10.5 Å². The Morgan fingerprint density at radius 1 is 1.25 bits per heavy atom. The number of rotatable bonds is 2. The summed E-state index contributed by atoms with van der Waals surface area (Å²) in [6, 6.07) is 1.87. The number of anilines is 1. The van der Waals surface area contributed by atoms with E-state index in [-0.39, 0.29) is 0 Å². The molecule has 0 amide bonds. The third-order valence-corrected chi connectivity index (χ3v) is 4.08. The smallest absolute Gasteiger partial charge is 0.129 e. The first kappa shape index (κ1) is 12.8. The minimum absolute atomic E-state index is 0.320. The summed E-state index contributed by atoms with van der Waals surface area (Å²) in [6.07, 6.45) is 5.74. The first-order valence-electron chi connectivity index (χ1n) is 6.83. The van der Waals surface area contributed by atoms with Crippen LogP contribution in [0, 0.1) is 0 Å². The van der Waals surface area contributed by atoms with Crippen LogP contribution in [0.3, 0.4) is 0 Å². The fourth-order valence-electron chi connectivity index (χ4n) is 2.93. The highest BCUT2D eigenvalue weighted by Gasteiger charge is 2.23. The molecule has 0 unspecified atom stereocenters. The Labute approximate surface area is 118 Å². The van der Waals surface area contributed by atoms with Gasteiger partial charge < -0.3 is 15.6 Å². The molecular weight excluding hydrogens is 254 g/mol. The fourth-order valence-corrected chi connectivity index (χ4v) is 2.93. The van der Waals surface area contributed by atoms with Gasteiger partial charge in [-0.1, -0.05) is 0 Å². The summed E-state index contributed by atoms with van der Waals surface area (Å²) in [5.41, 5.74) is 9.59. The molecule has 0 fully saturated rings. The van der Waals surface area contributed by atoms with Gasteiger partial charge in [0.1, 0.15) is 17.3 Å². The summed E-state index contributed by atoms with van der Waals surface area (Å²) < 4.78 is 7.10. The first-order valence-corrected chi connectivity index (χ1v) is 6.83. The van der Waals surface area contributed by atoms with Crippen molar-refractivity contribution in [1.82, 2.24) is 9.78 Å². The number of ether oxygens (including phenoxy) is 1. The van der Waals surface area contributed by atoms with Gasteiger partial charge in [0.05, 0.1) is 13.3 Å². The van der Waals surface area contributed by atoms with Gasteiger partial charge in [-0.15, -0.1) is 0 Å². The SMILES string of the molecule is COc1cc(-c2cnn(C)c2N)c(O)c2c1CCCC2. The minimum Gasteiger partial charge on any atom is -0.507 e. The van der Waals surface area contributed by atoms with Gasteiger partial charge in [0.25, 0.3) is 0 Å². The molecule has 0 atom stereocenters. The van der Waals surface area contributed by atoms with Gasteiger partial charge in [-0.3, -0.25) is 4.68 Å². The van der Waals surface area contributed by atoms with Crippen molar-refractivity contribution in [2.75, 3.05) is 12.8 Å². The van der Waals surface area contributed by atoms with Crippen molar-refractivity contribution in [3.8, 4) is 22.6 Å². The van der Waals surface area contributed by atoms with Crippen LogP contribution >= 0.6 is 0 Å². The zero-order valence-electron chi connectivity index (χ0n) is 11.8. The summed E-state index contributed by atoms with van der Waals surface area (Å²) in [7, 11) is 3.45. The number of phenolic OH excluding ortho intramolecular Hbond substituents is 1. The van der Waals surface area contributed by atoms with E-state index in [0.717, 1.165) is 48.1 Å². The monoisotopic (exact) mass is 273 g/mol. The van der Waals surface area contributed by atoms with E-state index in [0.29, 0.717) is 17.1 Å². The topological polar surface area (TPSA) is 73.3 Å². The molecule has 1 aliphatic carbocycles. The highest BCUT2D eigenvalue weighted by atomic mass is 16.5. The molecule has 0 spiro atoms. The average molecular weight is 273 g/mol. The van der Waals surface area contributed by atoms with Crippen LogP contribution in [-0.2, 0) is 19.9 Å². The Kier molecular flexibility index (Phi) is 3.04.